The van der Waals surface area contributed by atoms with Gasteiger partial charge in [0.2, 0.25) is 5.82 Å². The standard InChI is InChI=1S/C31H38F4O/c1-3-5-20-7-9-22(10-8-20)19-36-27-18-17-26(30(34)31(27)35)25-16-15-24(28(32)29(25)33)23-13-11-21(6-4-2)12-14-23/h13,15-18,20-22H,3-12,14,19H2,1-2H3. The molecule has 2 aliphatic carbocycles. The predicted molar refractivity (Wildman–Crippen MR) is 138 cm³/mol. The molecule has 0 bridgehead atoms. The first kappa shape index (κ1) is 26.8. The summed E-state index contributed by atoms with van der Waals surface area (Å²) in [6, 6.07) is 5.42. The van der Waals surface area contributed by atoms with Crippen molar-refractivity contribution in [3.05, 3.63) is 59.2 Å². The second kappa shape index (κ2) is 12.3. The molecule has 1 nitrogen and oxygen atoms in total. The maximum atomic E-state index is 15.1. The van der Waals surface area contributed by atoms with Gasteiger partial charge < -0.3 is 4.74 Å². The van der Waals surface area contributed by atoms with Gasteiger partial charge in [0.05, 0.1) is 6.61 Å². The van der Waals surface area contributed by atoms with E-state index in [-0.39, 0.29) is 22.4 Å². The summed E-state index contributed by atoms with van der Waals surface area (Å²) in [5.74, 6) is -3.05. The van der Waals surface area contributed by atoms with Crippen LogP contribution in [0.15, 0.2) is 30.3 Å². The number of hydrogen-bond donors (Lipinski definition) is 0. The maximum Gasteiger partial charge on any atom is 0.201 e. The molecule has 4 rings (SSSR count). The molecule has 1 saturated carbocycles. The Kier molecular flexibility index (Phi) is 9.14. The Hall–Kier alpha value is -2.30. The van der Waals surface area contributed by atoms with E-state index in [0.29, 0.717) is 24.9 Å². The van der Waals surface area contributed by atoms with Crippen LogP contribution in [0.2, 0.25) is 0 Å². The van der Waals surface area contributed by atoms with Crippen LogP contribution in [0.5, 0.6) is 5.75 Å². The number of allylic oxidation sites excluding steroid dienone is 2. The van der Waals surface area contributed by atoms with Crippen molar-refractivity contribution in [1.29, 1.82) is 0 Å². The minimum absolute atomic E-state index is 0.182. The van der Waals surface area contributed by atoms with Crippen LogP contribution in [0, 0.1) is 41.0 Å². The third-order valence-corrected chi connectivity index (χ3v) is 8.12. The molecule has 2 aliphatic rings. The van der Waals surface area contributed by atoms with Crippen LogP contribution in [0.1, 0.15) is 90.0 Å². The van der Waals surface area contributed by atoms with Crippen molar-refractivity contribution in [2.45, 2.75) is 84.5 Å². The lowest BCUT2D eigenvalue weighted by atomic mass is 9.80. The third kappa shape index (κ3) is 5.98. The highest BCUT2D eigenvalue weighted by atomic mass is 19.2. The average molecular weight is 503 g/mol. The lowest BCUT2D eigenvalue weighted by molar-refractivity contribution is 0.173. The van der Waals surface area contributed by atoms with Crippen LogP contribution in [-0.4, -0.2) is 6.61 Å². The highest BCUT2D eigenvalue weighted by Crippen LogP contribution is 2.38. The van der Waals surface area contributed by atoms with E-state index < -0.39 is 23.3 Å². The van der Waals surface area contributed by atoms with Gasteiger partial charge in [-0.1, -0.05) is 70.6 Å². The zero-order chi connectivity index (χ0) is 25.7. The van der Waals surface area contributed by atoms with Crippen molar-refractivity contribution in [2.24, 2.45) is 17.8 Å². The molecule has 0 radical (unpaired) electrons. The Labute approximate surface area is 212 Å². The zero-order valence-electron chi connectivity index (χ0n) is 21.5. The van der Waals surface area contributed by atoms with E-state index in [2.05, 4.69) is 13.8 Å². The second-order valence-electron chi connectivity index (χ2n) is 10.7. The summed E-state index contributed by atoms with van der Waals surface area (Å²) < 4.78 is 65.6. The van der Waals surface area contributed by atoms with Gasteiger partial charge in [0, 0.05) is 16.7 Å². The SMILES string of the molecule is CCCC1CC=C(c2ccc(-c3ccc(OCC4CCC(CCC)CC4)c(F)c3F)c(F)c2F)CC1. The topological polar surface area (TPSA) is 9.23 Å². The Morgan fingerprint density at radius 1 is 0.667 bits per heavy atom. The predicted octanol–water partition coefficient (Wildman–Crippen LogP) is 9.88. The number of benzene rings is 2. The molecule has 0 aromatic heterocycles. The number of ether oxygens (including phenoxy) is 1. The van der Waals surface area contributed by atoms with Crippen molar-refractivity contribution >= 4 is 5.57 Å². The Balaban J connectivity index is 1.46. The highest BCUT2D eigenvalue weighted by molar-refractivity contribution is 5.72. The molecule has 1 unspecified atom stereocenters. The first-order chi connectivity index (χ1) is 17.4. The molecule has 2 aromatic rings. The zero-order valence-corrected chi connectivity index (χ0v) is 21.5. The van der Waals surface area contributed by atoms with Crippen LogP contribution in [0.25, 0.3) is 16.7 Å². The fourth-order valence-corrected chi connectivity index (χ4v) is 5.96. The van der Waals surface area contributed by atoms with Crippen LogP contribution in [0.3, 0.4) is 0 Å². The summed E-state index contributed by atoms with van der Waals surface area (Å²) >= 11 is 0. The molecule has 0 N–H and O–H groups in total. The van der Waals surface area contributed by atoms with Gasteiger partial charge in [0.15, 0.2) is 23.2 Å². The molecule has 1 fully saturated rings. The molecule has 196 valence electrons. The first-order valence-electron chi connectivity index (χ1n) is 13.7. The van der Waals surface area contributed by atoms with E-state index in [0.717, 1.165) is 62.9 Å². The van der Waals surface area contributed by atoms with E-state index in [9.17, 15) is 8.78 Å². The van der Waals surface area contributed by atoms with Gasteiger partial charge in [-0.2, -0.15) is 4.39 Å². The van der Waals surface area contributed by atoms with Crippen molar-refractivity contribution < 1.29 is 22.3 Å². The van der Waals surface area contributed by atoms with Gasteiger partial charge in [0.25, 0.3) is 0 Å². The summed E-state index contributed by atoms with van der Waals surface area (Å²) in [5.41, 5.74) is 0.405. The van der Waals surface area contributed by atoms with Gasteiger partial charge in [-0.15, -0.1) is 0 Å². The Morgan fingerprint density at radius 2 is 1.22 bits per heavy atom. The molecule has 2 aromatic carbocycles. The van der Waals surface area contributed by atoms with Crippen LogP contribution < -0.4 is 4.74 Å². The largest absolute Gasteiger partial charge is 0.490 e. The summed E-state index contributed by atoms with van der Waals surface area (Å²) in [7, 11) is 0. The normalized spacial score (nSPS) is 22.4. The smallest absolute Gasteiger partial charge is 0.201 e. The molecule has 36 heavy (non-hydrogen) atoms. The molecule has 0 spiro atoms. The van der Waals surface area contributed by atoms with Crippen molar-refractivity contribution in [3.63, 3.8) is 0 Å². The van der Waals surface area contributed by atoms with E-state index >= 15 is 8.78 Å². The van der Waals surface area contributed by atoms with Gasteiger partial charge in [-0.3, -0.25) is 0 Å². The molecule has 5 heteroatoms. The fourth-order valence-electron chi connectivity index (χ4n) is 5.96. The van der Waals surface area contributed by atoms with E-state index in [1.807, 2.05) is 6.08 Å². The molecule has 0 saturated heterocycles. The molecule has 0 aliphatic heterocycles. The number of halogens is 4. The van der Waals surface area contributed by atoms with Gasteiger partial charge in [-0.25, -0.2) is 13.2 Å². The quantitative estimate of drug-likeness (QED) is 0.310. The molecule has 0 amide bonds. The minimum atomic E-state index is -1.22. The van der Waals surface area contributed by atoms with Crippen molar-refractivity contribution in [2.75, 3.05) is 6.61 Å². The lowest BCUT2D eigenvalue weighted by Crippen LogP contribution is -2.20. The van der Waals surface area contributed by atoms with E-state index in [1.54, 1.807) is 0 Å². The average Bonchev–Trinajstić information content (AvgIpc) is 2.89. The third-order valence-electron chi connectivity index (χ3n) is 8.12. The van der Waals surface area contributed by atoms with E-state index in [4.69, 9.17) is 4.74 Å². The van der Waals surface area contributed by atoms with Crippen LogP contribution in [-0.2, 0) is 0 Å². The van der Waals surface area contributed by atoms with Crippen LogP contribution >= 0.6 is 0 Å². The Morgan fingerprint density at radius 3 is 1.86 bits per heavy atom. The minimum Gasteiger partial charge on any atom is -0.490 e. The summed E-state index contributed by atoms with van der Waals surface area (Å²) in [5, 5.41) is 0. The monoisotopic (exact) mass is 502 g/mol. The summed E-state index contributed by atoms with van der Waals surface area (Å²) in [6.45, 7) is 4.68. The first-order valence-corrected chi connectivity index (χ1v) is 13.7. The van der Waals surface area contributed by atoms with E-state index in [1.165, 1.54) is 37.1 Å². The number of hydrogen-bond acceptors (Lipinski definition) is 1. The summed E-state index contributed by atoms with van der Waals surface area (Å²) in [6.07, 6.45) is 13.5. The molecular formula is C31H38F4O. The fraction of sp³-hybridized carbons (Fsp3) is 0.548. The number of rotatable bonds is 9. The van der Waals surface area contributed by atoms with Crippen molar-refractivity contribution in [1.82, 2.24) is 0 Å². The summed E-state index contributed by atoms with van der Waals surface area (Å²) in [4.78, 5) is 0. The molecule has 1 atom stereocenters. The van der Waals surface area contributed by atoms with Gasteiger partial charge in [0.1, 0.15) is 0 Å². The maximum absolute atomic E-state index is 15.1. The molecular weight excluding hydrogens is 464 g/mol. The molecule has 0 heterocycles. The van der Waals surface area contributed by atoms with Gasteiger partial charge >= 0.3 is 0 Å². The Bertz CT molecular complexity index is 1070. The van der Waals surface area contributed by atoms with Gasteiger partial charge in [-0.05, 0) is 67.6 Å². The van der Waals surface area contributed by atoms with Crippen LogP contribution in [0.4, 0.5) is 17.6 Å². The second-order valence-corrected chi connectivity index (χ2v) is 10.7. The van der Waals surface area contributed by atoms with Crippen molar-refractivity contribution in [3.8, 4) is 16.9 Å². The highest BCUT2D eigenvalue weighted by Gasteiger charge is 2.25. The lowest BCUT2D eigenvalue weighted by Gasteiger charge is -2.28.